The molecule has 158 valence electrons. The van der Waals surface area contributed by atoms with E-state index < -0.39 is 29.2 Å². The highest BCUT2D eigenvalue weighted by Gasteiger charge is 2.47. The maximum absolute atomic E-state index is 13.2. The van der Waals surface area contributed by atoms with Crippen LogP contribution in [0.15, 0.2) is 30.3 Å². The first-order valence-electron chi connectivity index (χ1n) is 9.84. The lowest BCUT2D eigenvalue weighted by Crippen LogP contribution is -2.70. The molecule has 6 heteroatoms. The fourth-order valence-electron chi connectivity index (χ4n) is 3.63. The van der Waals surface area contributed by atoms with Gasteiger partial charge in [0.1, 0.15) is 11.6 Å². The molecule has 0 fully saturated rings. The Bertz CT molecular complexity index is 644. The molecule has 0 saturated carbocycles. The first-order valence-corrected chi connectivity index (χ1v) is 9.84. The average Bonchev–Trinajstić information content (AvgIpc) is 2.52. The molecule has 0 aliphatic rings. The fraction of sp³-hybridized carbons (Fsp3) is 0.636. The Kier molecular flexibility index (Phi) is 8.20. The highest BCUT2D eigenvalue weighted by atomic mass is 16.6. The number of carboxylic acids is 1. The predicted octanol–water partition coefficient (Wildman–Crippen LogP) is 3.45. The second kappa shape index (κ2) is 9.52. The van der Waals surface area contributed by atoms with E-state index in [9.17, 15) is 14.7 Å². The summed E-state index contributed by atoms with van der Waals surface area (Å²) in [6, 6.07) is 8.44. The number of nitrogens with one attached hydrogen (secondary N) is 1. The molecular weight excluding hydrogens is 356 g/mol. The van der Waals surface area contributed by atoms with Crippen LogP contribution in [0.2, 0.25) is 0 Å². The smallest absolute Gasteiger partial charge is 0.341 e. The lowest BCUT2D eigenvalue weighted by atomic mass is 10.00. The Morgan fingerprint density at radius 3 is 1.93 bits per heavy atom. The Morgan fingerprint density at radius 2 is 1.54 bits per heavy atom. The van der Waals surface area contributed by atoms with Crippen LogP contribution in [0.4, 0.5) is 0 Å². The van der Waals surface area contributed by atoms with Gasteiger partial charge in [-0.2, -0.15) is 0 Å². The summed E-state index contributed by atoms with van der Waals surface area (Å²) in [4.78, 5) is 27.2. The zero-order chi connectivity index (χ0) is 21.7. The van der Waals surface area contributed by atoms with Gasteiger partial charge in [-0.1, -0.05) is 30.3 Å². The minimum absolute atomic E-state index is 0.00353. The van der Waals surface area contributed by atoms with E-state index in [1.165, 1.54) is 0 Å². The molecule has 0 spiro atoms. The normalized spacial score (nSPS) is 15.5. The van der Waals surface area contributed by atoms with Crippen molar-refractivity contribution in [1.82, 2.24) is 10.2 Å². The SMILES string of the molecule is CC(C)N(C(C)C)C(C)(NC(Cc1ccccc1)C(=O)O)C(=O)OC(C)(C)C. The second-order valence-electron chi connectivity index (χ2n) is 8.89. The standard InChI is InChI=1S/C22H36N2O4/c1-15(2)24(16(3)4)22(8,20(27)28-21(5,6)7)23-18(19(25)26)14-17-12-10-9-11-13-17/h9-13,15-16,18,23H,14H2,1-8H3,(H,25,26). The van der Waals surface area contributed by atoms with Crippen LogP contribution < -0.4 is 5.32 Å². The molecule has 2 atom stereocenters. The van der Waals surface area contributed by atoms with E-state index in [4.69, 9.17) is 4.74 Å². The maximum Gasteiger partial charge on any atom is 0.341 e. The number of esters is 1. The van der Waals surface area contributed by atoms with Crippen molar-refractivity contribution >= 4 is 11.9 Å². The maximum atomic E-state index is 13.2. The lowest BCUT2D eigenvalue weighted by molar-refractivity contribution is -0.176. The molecule has 0 aliphatic carbocycles. The monoisotopic (exact) mass is 392 g/mol. The van der Waals surface area contributed by atoms with Gasteiger partial charge < -0.3 is 9.84 Å². The molecule has 0 heterocycles. The molecule has 1 rings (SSSR count). The number of aliphatic carboxylic acids is 1. The van der Waals surface area contributed by atoms with Crippen molar-refractivity contribution in [3.05, 3.63) is 35.9 Å². The highest BCUT2D eigenvalue weighted by molar-refractivity contribution is 5.82. The Labute approximate surface area is 169 Å². The van der Waals surface area contributed by atoms with Crippen molar-refractivity contribution in [3.8, 4) is 0 Å². The average molecular weight is 393 g/mol. The van der Waals surface area contributed by atoms with Gasteiger partial charge in [-0.15, -0.1) is 0 Å². The number of hydrogen-bond donors (Lipinski definition) is 2. The van der Waals surface area contributed by atoms with Gasteiger partial charge in [0.05, 0.1) is 0 Å². The summed E-state index contributed by atoms with van der Waals surface area (Å²) in [5.74, 6) is -1.49. The molecule has 2 unspecified atom stereocenters. The van der Waals surface area contributed by atoms with Crippen molar-refractivity contribution in [3.63, 3.8) is 0 Å². The summed E-state index contributed by atoms with van der Waals surface area (Å²) in [5, 5.41) is 13.0. The number of nitrogens with zero attached hydrogens (tertiary/aromatic N) is 1. The third-order valence-electron chi connectivity index (χ3n) is 4.46. The molecule has 1 aromatic rings. The van der Waals surface area contributed by atoms with Crippen LogP contribution in [0, 0.1) is 0 Å². The molecule has 0 radical (unpaired) electrons. The summed E-state index contributed by atoms with van der Waals surface area (Å²) in [7, 11) is 0. The zero-order valence-electron chi connectivity index (χ0n) is 18.4. The van der Waals surface area contributed by atoms with E-state index in [0.717, 1.165) is 5.56 Å². The van der Waals surface area contributed by atoms with E-state index in [2.05, 4.69) is 5.32 Å². The van der Waals surface area contributed by atoms with Crippen LogP contribution in [0.5, 0.6) is 0 Å². The summed E-state index contributed by atoms with van der Waals surface area (Å²) in [6.45, 7) is 15.1. The number of benzene rings is 1. The van der Waals surface area contributed by atoms with Crippen LogP contribution in [0.1, 0.15) is 61.0 Å². The number of rotatable bonds is 9. The molecule has 0 saturated heterocycles. The number of ether oxygens (including phenoxy) is 1. The Balaban J connectivity index is 3.31. The topological polar surface area (TPSA) is 78.9 Å². The molecule has 28 heavy (non-hydrogen) atoms. The molecule has 1 aromatic carbocycles. The van der Waals surface area contributed by atoms with E-state index in [0.29, 0.717) is 0 Å². The zero-order valence-corrected chi connectivity index (χ0v) is 18.4. The summed E-state index contributed by atoms with van der Waals surface area (Å²) in [5.41, 5.74) is -1.10. The molecule has 0 amide bonds. The number of carboxylic acid groups (broad SMARTS) is 1. The van der Waals surface area contributed by atoms with Gasteiger partial charge in [-0.05, 0) is 67.4 Å². The van der Waals surface area contributed by atoms with Crippen LogP contribution in [0.3, 0.4) is 0 Å². The van der Waals surface area contributed by atoms with Crippen molar-refractivity contribution in [2.75, 3.05) is 0 Å². The lowest BCUT2D eigenvalue weighted by Gasteiger charge is -2.46. The van der Waals surface area contributed by atoms with Crippen LogP contribution >= 0.6 is 0 Å². The summed E-state index contributed by atoms with van der Waals surface area (Å²) in [6.07, 6.45) is 0.262. The van der Waals surface area contributed by atoms with Crippen LogP contribution in [0.25, 0.3) is 0 Å². The van der Waals surface area contributed by atoms with E-state index in [-0.39, 0.29) is 18.5 Å². The van der Waals surface area contributed by atoms with Gasteiger partial charge in [-0.25, -0.2) is 4.79 Å². The van der Waals surface area contributed by atoms with E-state index in [1.54, 1.807) is 27.7 Å². The molecule has 0 aromatic heterocycles. The molecule has 0 aliphatic heterocycles. The van der Waals surface area contributed by atoms with Gasteiger partial charge in [0.25, 0.3) is 0 Å². The first-order chi connectivity index (χ1) is 12.8. The van der Waals surface area contributed by atoms with Crippen molar-refractivity contribution in [2.24, 2.45) is 0 Å². The third kappa shape index (κ3) is 6.60. The van der Waals surface area contributed by atoms with Crippen molar-refractivity contribution < 1.29 is 19.4 Å². The largest absolute Gasteiger partial charge is 0.480 e. The quantitative estimate of drug-likeness (QED) is 0.495. The number of carbonyl (C=O) groups excluding carboxylic acids is 1. The minimum Gasteiger partial charge on any atom is -0.480 e. The highest BCUT2D eigenvalue weighted by Crippen LogP contribution is 2.25. The Morgan fingerprint density at radius 1 is 1.04 bits per heavy atom. The Hall–Kier alpha value is -1.92. The summed E-state index contributed by atoms with van der Waals surface area (Å²) < 4.78 is 5.68. The van der Waals surface area contributed by atoms with Gasteiger partial charge in [0.2, 0.25) is 0 Å². The molecule has 6 nitrogen and oxygen atoms in total. The van der Waals surface area contributed by atoms with Gasteiger partial charge in [0.15, 0.2) is 5.66 Å². The van der Waals surface area contributed by atoms with Crippen LogP contribution in [-0.2, 0) is 20.7 Å². The molecular formula is C22H36N2O4. The third-order valence-corrected chi connectivity index (χ3v) is 4.46. The van der Waals surface area contributed by atoms with Crippen molar-refractivity contribution in [2.45, 2.75) is 91.2 Å². The minimum atomic E-state index is -1.30. The van der Waals surface area contributed by atoms with Crippen LogP contribution in [-0.4, -0.2) is 51.3 Å². The van der Waals surface area contributed by atoms with E-state index >= 15 is 0 Å². The van der Waals surface area contributed by atoms with Gasteiger partial charge in [0, 0.05) is 12.1 Å². The van der Waals surface area contributed by atoms with Crippen molar-refractivity contribution in [1.29, 1.82) is 0 Å². The number of carbonyl (C=O) groups is 2. The number of hydrogen-bond acceptors (Lipinski definition) is 5. The second-order valence-corrected chi connectivity index (χ2v) is 8.89. The van der Waals surface area contributed by atoms with E-state index in [1.807, 2.05) is 62.9 Å². The van der Waals surface area contributed by atoms with Gasteiger partial charge >= 0.3 is 11.9 Å². The summed E-state index contributed by atoms with van der Waals surface area (Å²) >= 11 is 0. The first kappa shape index (κ1) is 24.1. The fourth-order valence-corrected chi connectivity index (χ4v) is 3.63. The molecule has 2 N–H and O–H groups in total. The molecule has 0 bridgehead atoms. The predicted molar refractivity (Wildman–Crippen MR) is 111 cm³/mol. The van der Waals surface area contributed by atoms with Gasteiger partial charge in [-0.3, -0.25) is 15.0 Å².